The summed E-state index contributed by atoms with van der Waals surface area (Å²) in [5.41, 5.74) is -0.191. The molecular weight excluding hydrogens is 561 g/mol. The molecule has 3 aromatic rings. The van der Waals surface area contributed by atoms with E-state index in [0.717, 1.165) is 6.07 Å². The highest BCUT2D eigenvalue weighted by molar-refractivity contribution is 5.93. The van der Waals surface area contributed by atoms with E-state index in [4.69, 9.17) is 9.26 Å². The van der Waals surface area contributed by atoms with Gasteiger partial charge in [-0.25, -0.2) is 0 Å². The van der Waals surface area contributed by atoms with E-state index in [1.807, 2.05) is 0 Å². The summed E-state index contributed by atoms with van der Waals surface area (Å²) in [7, 11) is 0. The van der Waals surface area contributed by atoms with Gasteiger partial charge in [-0.1, -0.05) is 5.16 Å². The van der Waals surface area contributed by atoms with Crippen molar-refractivity contribution >= 4 is 11.6 Å². The van der Waals surface area contributed by atoms with E-state index in [2.05, 4.69) is 15.4 Å². The van der Waals surface area contributed by atoms with Crippen molar-refractivity contribution in [2.75, 3.05) is 13.1 Å². The Kier molecular flexibility index (Phi) is 8.25. The van der Waals surface area contributed by atoms with Crippen molar-refractivity contribution in [1.82, 2.24) is 15.4 Å². The summed E-state index contributed by atoms with van der Waals surface area (Å²) in [5, 5.41) is 38.2. The molecule has 2 heterocycles. The molecule has 224 valence electrons. The molecule has 0 radical (unpaired) electrons. The number of ether oxygens (including phenoxy) is 1. The minimum Gasteiger partial charge on any atom is -0.508 e. The maximum Gasteiger partial charge on any atom is 0.391 e. The molecule has 1 aliphatic carbocycles. The third-order valence-corrected chi connectivity index (χ3v) is 7.87. The molecule has 1 aromatic heterocycles. The van der Waals surface area contributed by atoms with Crippen LogP contribution in [-0.2, 0) is 0 Å². The average molecular weight is 591 g/mol. The fourth-order valence-electron chi connectivity index (χ4n) is 5.61. The van der Waals surface area contributed by atoms with Crippen LogP contribution in [-0.4, -0.2) is 62.4 Å². The number of nitro groups is 1. The number of nitrogens with one attached hydrogen (secondary N) is 1. The van der Waals surface area contributed by atoms with Crippen molar-refractivity contribution < 1.29 is 42.4 Å². The molecule has 2 fully saturated rings. The first-order valence-electron chi connectivity index (χ1n) is 13.5. The van der Waals surface area contributed by atoms with Crippen LogP contribution in [0.1, 0.15) is 49.0 Å². The number of nitrogens with zero attached hydrogens (tertiary/aromatic N) is 3. The van der Waals surface area contributed by atoms with Gasteiger partial charge in [0.15, 0.2) is 11.5 Å². The summed E-state index contributed by atoms with van der Waals surface area (Å²) in [4.78, 5) is 25.5. The van der Waals surface area contributed by atoms with Crippen LogP contribution >= 0.6 is 0 Å². The lowest BCUT2D eigenvalue weighted by Gasteiger charge is -2.41. The van der Waals surface area contributed by atoms with Crippen LogP contribution in [0, 0.1) is 16.0 Å². The lowest BCUT2D eigenvalue weighted by Crippen LogP contribution is -2.49. The number of alkyl halides is 3. The molecule has 1 saturated heterocycles. The highest BCUT2D eigenvalue weighted by atomic mass is 19.4. The Morgan fingerprint density at radius 1 is 1.05 bits per heavy atom. The Labute approximate surface area is 238 Å². The van der Waals surface area contributed by atoms with Gasteiger partial charge in [0.1, 0.15) is 28.6 Å². The zero-order chi connectivity index (χ0) is 30.0. The lowest BCUT2D eigenvalue weighted by molar-refractivity contribution is -0.384. The fraction of sp³-hybridized carbons (Fsp3) is 0.429. The second-order valence-electron chi connectivity index (χ2n) is 10.6. The number of aromatic nitrogens is 1. The predicted molar refractivity (Wildman–Crippen MR) is 142 cm³/mol. The monoisotopic (exact) mass is 590 g/mol. The number of phenolic OH excluding ortho intramolecular Hbond substituents is 2. The van der Waals surface area contributed by atoms with Gasteiger partial charge in [0.25, 0.3) is 11.6 Å². The minimum absolute atomic E-state index is 0.00579. The van der Waals surface area contributed by atoms with Crippen LogP contribution in [0.3, 0.4) is 0 Å². The van der Waals surface area contributed by atoms with E-state index in [-0.39, 0.29) is 64.9 Å². The molecule has 2 aliphatic rings. The van der Waals surface area contributed by atoms with Gasteiger partial charge in [0, 0.05) is 55.5 Å². The minimum atomic E-state index is -4.13. The Bertz CT molecular complexity index is 1430. The molecule has 0 bridgehead atoms. The first-order valence-corrected chi connectivity index (χ1v) is 13.5. The second kappa shape index (κ2) is 11.9. The molecule has 14 heteroatoms. The molecule has 1 saturated carbocycles. The largest absolute Gasteiger partial charge is 0.508 e. The van der Waals surface area contributed by atoms with E-state index in [1.54, 1.807) is 0 Å². The summed E-state index contributed by atoms with van der Waals surface area (Å²) in [5.74, 6) is -2.31. The number of halogens is 3. The smallest absolute Gasteiger partial charge is 0.391 e. The number of likely N-dealkylation sites (tertiary alicyclic amines) is 1. The number of carbonyl (C=O) groups excluding carboxylic acids is 1. The summed E-state index contributed by atoms with van der Waals surface area (Å²) in [6.45, 7) is 1.34. The van der Waals surface area contributed by atoms with Gasteiger partial charge in [-0.05, 0) is 50.7 Å². The number of benzene rings is 2. The third-order valence-electron chi connectivity index (χ3n) is 7.87. The number of amides is 1. The number of nitro benzene ring substituents is 1. The molecule has 5 rings (SSSR count). The third kappa shape index (κ3) is 6.59. The topological polar surface area (TPSA) is 151 Å². The maximum absolute atomic E-state index is 13.0. The predicted octanol–water partition coefficient (Wildman–Crippen LogP) is 5.77. The highest BCUT2D eigenvalue weighted by Gasteiger charge is 2.42. The van der Waals surface area contributed by atoms with Crippen LogP contribution < -0.4 is 10.1 Å². The van der Waals surface area contributed by atoms with Crippen LogP contribution in [0.25, 0.3) is 11.3 Å². The van der Waals surface area contributed by atoms with Crippen molar-refractivity contribution in [3.8, 4) is 34.3 Å². The molecule has 0 spiro atoms. The zero-order valence-electron chi connectivity index (χ0n) is 22.3. The first kappa shape index (κ1) is 29.2. The number of hydrogen-bond acceptors (Lipinski definition) is 9. The van der Waals surface area contributed by atoms with Gasteiger partial charge >= 0.3 is 6.18 Å². The fourth-order valence-corrected chi connectivity index (χ4v) is 5.61. The van der Waals surface area contributed by atoms with Gasteiger partial charge in [0.2, 0.25) is 0 Å². The quantitative estimate of drug-likeness (QED) is 0.230. The van der Waals surface area contributed by atoms with Gasteiger partial charge in [-0.3, -0.25) is 14.9 Å². The van der Waals surface area contributed by atoms with Gasteiger partial charge < -0.3 is 29.7 Å². The molecule has 0 atom stereocenters. The van der Waals surface area contributed by atoms with Gasteiger partial charge in [0.05, 0.1) is 10.8 Å². The van der Waals surface area contributed by atoms with E-state index in [1.165, 1.54) is 36.4 Å². The standard InChI is InChI=1S/C28H29F3N4O7/c29-28(30,31)16-1-3-18(4-2-16)34-11-9-17(10-12-34)32-27(38)22-15-25(42-33-22)26-23(37)13-20(36)14-24(26)41-21-7-5-19(6-8-21)35(39)40/h5-8,13-18,36-37H,1-4,9-12H2,(H,32,38)/t16-,18-. The van der Waals surface area contributed by atoms with E-state index < -0.39 is 28.7 Å². The molecule has 42 heavy (non-hydrogen) atoms. The number of non-ortho nitro benzene ring substituents is 1. The number of phenols is 2. The molecular formula is C28H29F3N4O7. The molecule has 1 aliphatic heterocycles. The number of aromatic hydroxyl groups is 2. The van der Waals surface area contributed by atoms with Gasteiger partial charge in [-0.15, -0.1) is 0 Å². The Morgan fingerprint density at radius 2 is 1.71 bits per heavy atom. The maximum atomic E-state index is 13.0. The van der Waals surface area contributed by atoms with E-state index in [9.17, 15) is 38.3 Å². The Hall–Kier alpha value is -4.33. The number of carbonyl (C=O) groups is 1. The van der Waals surface area contributed by atoms with Crippen molar-refractivity contribution in [3.63, 3.8) is 0 Å². The molecule has 0 unspecified atom stereocenters. The Balaban J connectivity index is 1.20. The number of rotatable bonds is 7. The average Bonchev–Trinajstić information content (AvgIpc) is 3.43. The van der Waals surface area contributed by atoms with Crippen LogP contribution in [0.2, 0.25) is 0 Å². The summed E-state index contributed by atoms with van der Waals surface area (Å²) in [6, 6.07) is 8.73. The van der Waals surface area contributed by atoms with Crippen molar-refractivity contribution in [2.45, 2.75) is 56.8 Å². The van der Waals surface area contributed by atoms with E-state index in [0.29, 0.717) is 38.8 Å². The van der Waals surface area contributed by atoms with Gasteiger partial charge in [-0.2, -0.15) is 13.2 Å². The molecule has 11 nitrogen and oxygen atoms in total. The van der Waals surface area contributed by atoms with Crippen LogP contribution in [0.5, 0.6) is 23.0 Å². The molecule has 1 amide bonds. The molecule has 3 N–H and O–H groups in total. The normalized spacial score (nSPS) is 20.3. The summed E-state index contributed by atoms with van der Waals surface area (Å²) >= 11 is 0. The van der Waals surface area contributed by atoms with Crippen LogP contribution in [0.4, 0.5) is 18.9 Å². The molecule has 2 aromatic carbocycles. The van der Waals surface area contributed by atoms with E-state index >= 15 is 0 Å². The Morgan fingerprint density at radius 3 is 2.33 bits per heavy atom. The first-order chi connectivity index (χ1) is 20.0. The van der Waals surface area contributed by atoms with Crippen molar-refractivity contribution in [2.24, 2.45) is 5.92 Å². The number of piperidine rings is 1. The van der Waals surface area contributed by atoms with Crippen molar-refractivity contribution in [3.05, 3.63) is 58.3 Å². The SMILES string of the molecule is O=C(NC1CCN([C@H]2CC[C@H](C(F)(F)F)CC2)CC1)c1cc(-c2c(O)cc(O)cc2Oc2ccc([N+](=O)[O-])cc2)on1. The van der Waals surface area contributed by atoms with Crippen molar-refractivity contribution in [1.29, 1.82) is 0 Å². The second-order valence-corrected chi connectivity index (χ2v) is 10.6. The number of hydrogen-bond donors (Lipinski definition) is 3. The highest BCUT2D eigenvalue weighted by Crippen LogP contribution is 2.43. The lowest BCUT2D eigenvalue weighted by atomic mass is 9.84. The zero-order valence-corrected chi connectivity index (χ0v) is 22.3. The van der Waals surface area contributed by atoms with Crippen LogP contribution in [0.15, 0.2) is 47.0 Å². The summed E-state index contributed by atoms with van der Waals surface area (Å²) < 4.78 is 50.0. The summed E-state index contributed by atoms with van der Waals surface area (Å²) in [6.07, 6.45) is -1.52.